The Labute approximate surface area is 261 Å². The van der Waals surface area contributed by atoms with Crippen molar-refractivity contribution < 1.29 is 53.0 Å². The number of phenols is 1. The lowest BCUT2D eigenvalue weighted by molar-refractivity contribution is -0.277. The van der Waals surface area contributed by atoms with E-state index in [1.807, 2.05) is 0 Å². The van der Waals surface area contributed by atoms with Crippen LogP contribution in [0.2, 0.25) is 0 Å². The molecule has 6 aromatic rings. The summed E-state index contributed by atoms with van der Waals surface area (Å²) in [6.07, 6.45) is -8.13. The van der Waals surface area contributed by atoms with Crippen LogP contribution in [0.4, 0.5) is 0 Å². The normalized spacial score (nSPS) is 21.3. The van der Waals surface area contributed by atoms with Gasteiger partial charge in [0, 0.05) is 34.4 Å². The summed E-state index contributed by atoms with van der Waals surface area (Å²) in [7, 11) is 0. The highest BCUT2D eigenvalue weighted by Gasteiger charge is 2.45. The van der Waals surface area contributed by atoms with Gasteiger partial charge in [0.05, 0.1) is 17.7 Å². The van der Waals surface area contributed by atoms with Crippen LogP contribution < -0.4 is 26.4 Å². The van der Waals surface area contributed by atoms with Crippen molar-refractivity contribution in [3.63, 3.8) is 0 Å². The number of fused-ring (bicyclic) bond motifs is 3. The van der Waals surface area contributed by atoms with Crippen LogP contribution in [0.5, 0.6) is 23.0 Å². The third-order valence-electron chi connectivity index (χ3n) is 7.76. The molecule has 7 rings (SSSR count). The zero-order valence-electron chi connectivity index (χ0n) is 23.9. The van der Waals surface area contributed by atoms with Crippen LogP contribution >= 0.6 is 0 Å². The molecule has 14 heteroatoms. The number of aromatic hydroxyl groups is 1. The van der Waals surface area contributed by atoms with Gasteiger partial charge in [0.1, 0.15) is 52.8 Å². The number of hydrogen-bond acceptors (Lipinski definition) is 14. The van der Waals surface area contributed by atoms with Gasteiger partial charge in [-0.1, -0.05) is 0 Å². The van der Waals surface area contributed by atoms with Crippen LogP contribution in [-0.2, 0) is 4.74 Å². The highest BCUT2D eigenvalue weighted by atomic mass is 16.7. The molecule has 0 amide bonds. The topological polar surface area (TPSA) is 219 Å². The molecule has 5 unspecified atom stereocenters. The monoisotopic (exact) mass is 644 g/mol. The first kappa shape index (κ1) is 30.2. The molecule has 0 bridgehead atoms. The van der Waals surface area contributed by atoms with Crippen molar-refractivity contribution >= 4 is 32.9 Å². The van der Waals surface area contributed by atoms with E-state index in [1.165, 1.54) is 54.6 Å². The number of phenolic OH excluding ortho intramolecular Hbond substituents is 1. The number of benzene rings is 3. The molecule has 0 saturated carbocycles. The summed E-state index contributed by atoms with van der Waals surface area (Å²) in [6, 6.07) is 17.1. The number of hydrogen-bond donors (Lipinski definition) is 5. The largest absolute Gasteiger partial charge is 0.507 e. The molecule has 14 nitrogen and oxygen atoms in total. The van der Waals surface area contributed by atoms with Crippen LogP contribution in [0.3, 0.4) is 0 Å². The minimum Gasteiger partial charge on any atom is -0.507 e. The van der Waals surface area contributed by atoms with Gasteiger partial charge in [-0.2, -0.15) is 0 Å². The number of aliphatic hydroxyl groups excluding tert-OH is 4. The zero-order valence-corrected chi connectivity index (χ0v) is 23.9. The molecule has 0 aliphatic carbocycles. The Morgan fingerprint density at radius 2 is 1.34 bits per heavy atom. The van der Waals surface area contributed by atoms with E-state index in [0.717, 1.165) is 0 Å². The zero-order chi connectivity index (χ0) is 33.0. The fraction of sp³-hybridized carbons (Fsp3) is 0.182. The summed E-state index contributed by atoms with van der Waals surface area (Å²) in [5.41, 5.74) is -2.53. The lowest BCUT2D eigenvalue weighted by Crippen LogP contribution is -2.60. The van der Waals surface area contributed by atoms with Crippen LogP contribution in [-0.4, -0.2) is 62.8 Å². The second-order valence-corrected chi connectivity index (χ2v) is 10.8. The van der Waals surface area contributed by atoms with Crippen molar-refractivity contribution in [3.8, 4) is 34.1 Å². The van der Waals surface area contributed by atoms with Crippen LogP contribution in [0, 0.1) is 0 Å². The summed E-state index contributed by atoms with van der Waals surface area (Å²) in [5.74, 6) is -0.645. The Bertz CT molecular complexity index is 2340. The van der Waals surface area contributed by atoms with Crippen LogP contribution in [0.15, 0.2) is 100 Å². The Kier molecular flexibility index (Phi) is 7.50. The van der Waals surface area contributed by atoms with Crippen molar-refractivity contribution in [3.05, 3.63) is 104 Å². The fourth-order valence-electron chi connectivity index (χ4n) is 5.44. The maximum absolute atomic E-state index is 13.3. The number of aliphatic hydroxyl groups is 4. The molecule has 3 aromatic heterocycles. The molecule has 4 heterocycles. The molecule has 5 N–H and O–H groups in total. The standard InChI is InChI=1S/C33H24O14/c34-13-22-27(38)28(39)29(40)33(45-22)44-19-8-3-15-5-10-24(37)46-30(15)26(19)25-18(35)7-2-16-11-21(32(41)47-31(16)25)42-17-6-1-14-4-9-23(36)43-20(14)12-17/h1-12,22,27-29,33-35,38-40H,13H2. The molecule has 240 valence electrons. The maximum atomic E-state index is 13.3. The maximum Gasteiger partial charge on any atom is 0.379 e. The Morgan fingerprint density at radius 1 is 0.660 bits per heavy atom. The van der Waals surface area contributed by atoms with Crippen molar-refractivity contribution in [2.45, 2.75) is 30.7 Å². The summed E-state index contributed by atoms with van der Waals surface area (Å²) in [6.45, 7) is -0.711. The van der Waals surface area contributed by atoms with E-state index in [-0.39, 0.29) is 50.5 Å². The number of ether oxygens (including phenoxy) is 3. The molecule has 5 atom stereocenters. The van der Waals surface area contributed by atoms with Crippen LogP contribution in [0.1, 0.15) is 0 Å². The quantitative estimate of drug-likeness (QED) is 0.164. The highest BCUT2D eigenvalue weighted by molar-refractivity contribution is 6.05. The highest BCUT2D eigenvalue weighted by Crippen LogP contribution is 2.45. The van der Waals surface area contributed by atoms with E-state index in [4.69, 9.17) is 27.5 Å². The molecule has 3 aromatic carbocycles. The average molecular weight is 645 g/mol. The van der Waals surface area contributed by atoms with Gasteiger partial charge < -0.3 is 53.0 Å². The van der Waals surface area contributed by atoms with Gasteiger partial charge >= 0.3 is 16.9 Å². The minimum atomic E-state index is -1.79. The average Bonchev–Trinajstić information content (AvgIpc) is 3.05. The van der Waals surface area contributed by atoms with Gasteiger partial charge in [-0.3, -0.25) is 0 Å². The van der Waals surface area contributed by atoms with E-state index in [2.05, 4.69) is 0 Å². The summed E-state index contributed by atoms with van der Waals surface area (Å²) in [4.78, 5) is 37.3. The van der Waals surface area contributed by atoms with Gasteiger partial charge in [0.15, 0.2) is 5.58 Å². The molecule has 1 fully saturated rings. The van der Waals surface area contributed by atoms with Gasteiger partial charge in [0.2, 0.25) is 12.0 Å². The molecule has 1 saturated heterocycles. The van der Waals surface area contributed by atoms with Gasteiger partial charge in [-0.25, -0.2) is 14.4 Å². The lowest BCUT2D eigenvalue weighted by Gasteiger charge is -2.39. The predicted octanol–water partition coefficient (Wildman–Crippen LogP) is 2.35. The van der Waals surface area contributed by atoms with Crippen molar-refractivity contribution in [2.75, 3.05) is 6.61 Å². The minimum absolute atomic E-state index is 0.0818. The van der Waals surface area contributed by atoms with Crippen molar-refractivity contribution in [2.24, 2.45) is 0 Å². The second kappa shape index (κ2) is 11.7. The Hall–Kier alpha value is -5.51. The van der Waals surface area contributed by atoms with E-state index in [9.17, 15) is 39.9 Å². The molecule has 0 radical (unpaired) electrons. The SMILES string of the molecule is O=c1ccc2ccc(Oc3cc4ccc(O)c(-c5c(OC6OC(CO)C(O)C(O)C6O)ccc6ccc(=O)oc56)c4oc3=O)cc2o1. The third kappa shape index (κ3) is 5.39. The summed E-state index contributed by atoms with van der Waals surface area (Å²) < 4.78 is 33.6. The van der Waals surface area contributed by atoms with Crippen LogP contribution in [0.25, 0.3) is 44.0 Å². The molecule has 47 heavy (non-hydrogen) atoms. The predicted molar refractivity (Wildman–Crippen MR) is 163 cm³/mol. The first-order valence-electron chi connectivity index (χ1n) is 14.2. The van der Waals surface area contributed by atoms with Crippen molar-refractivity contribution in [1.82, 2.24) is 0 Å². The van der Waals surface area contributed by atoms with E-state index >= 15 is 0 Å². The van der Waals surface area contributed by atoms with Crippen molar-refractivity contribution in [1.29, 1.82) is 0 Å². The second-order valence-electron chi connectivity index (χ2n) is 10.8. The van der Waals surface area contributed by atoms with E-state index in [0.29, 0.717) is 10.8 Å². The number of rotatable bonds is 6. The summed E-state index contributed by atoms with van der Waals surface area (Å²) >= 11 is 0. The van der Waals surface area contributed by atoms with Gasteiger partial charge in [-0.15, -0.1) is 0 Å². The molecule has 1 aliphatic rings. The lowest BCUT2D eigenvalue weighted by atomic mass is 9.97. The third-order valence-corrected chi connectivity index (χ3v) is 7.76. The fourth-order valence-corrected chi connectivity index (χ4v) is 5.44. The van der Waals surface area contributed by atoms with E-state index in [1.54, 1.807) is 18.2 Å². The molecular formula is C33H24O14. The first-order chi connectivity index (χ1) is 22.6. The first-order valence-corrected chi connectivity index (χ1v) is 14.2. The Balaban J connectivity index is 1.37. The molecular weight excluding hydrogens is 620 g/mol. The van der Waals surface area contributed by atoms with Gasteiger partial charge in [0.25, 0.3) is 0 Å². The molecule has 0 spiro atoms. The van der Waals surface area contributed by atoms with Gasteiger partial charge in [-0.05, 0) is 54.6 Å². The summed E-state index contributed by atoms with van der Waals surface area (Å²) in [5, 5.41) is 53.2. The van der Waals surface area contributed by atoms with E-state index < -0.39 is 59.9 Å². The molecule has 1 aliphatic heterocycles. The smallest absolute Gasteiger partial charge is 0.379 e. The Morgan fingerprint density at radius 3 is 2.13 bits per heavy atom.